The summed E-state index contributed by atoms with van der Waals surface area (Å²) in [6.45, 7) is 8.95. The number of nitrogens with two attached hydrogens (primary N) is 1. The zero-order chi connectivity index (χ0) is 22.4. The van der Waals surface area contributed by atoms with Crippen LogP contribution in [0.15, 0.2) is 30.6 Å². The summed E-state index contributed by atoms with van der Waals surface area (Å²) in [7, 11) is 0. The summed E-state index contributed by atoms with van der Waals surface area (Å²) in [5, 5.41) is 0. The number of fused-ring (bicyclic) bond motifs is 1. The zero-order valence-electron chi connectivity index (χ0n) is 18.7. The number of aryl methyl sites for hydroxylation is 2. The second kappa shape index (κ2) is 9.76. The lowest BCUT2D eigenvalue weighted by Crippen LogP contribution is -2.23. The molecule has 0 aliphatic rings. The number of hydrogen-bond donors (Lipinski definition) is 1. The van der Waals surface area contributed by atoms with Gasteiger partial charge in [-0.05, 0) is 57.7 Å². The van der Waals surface area contributed by atoms with Crippen molar-refractivity contribution in [2.24, 2.45) is 0 Å². The number of rotatable bonds is 9. The largest absolute Gasteiger partial charge is 0.463 e. The normalized spacial score (nSPS) is 11.6. The van der Waals surface area contributed by atoms with Gasteiger partial charge in [0.1, 0.15) is 11.1 Å². The number of imidazole rings is 1. The van der Waals surface area contributed by atoms with Gasteiger partial charge in [0.05, 0.1) is 18.5 Å². The quantitative estimate of drug-likeness (QED) is 0.405. The highest BCUT2D eigenvalue weighted by atomic mass is 16.6. The van der Waals surface area contributed by atoms with Gasteiger partial charge in [0.2, 0.25) is 0 Å². The molecular weight excluding hydrogens is 394 g/mol. The average Bonchev–Trinajstić information content (AvgIpc) is 3.11. The molecule has 0 aliphatic heterocycles. The maximum atomic E-state index is 12.3. The number of nitrogens with zero attached hydrogens (tertiary/aromatic N) is 4. The highest BCUT2D eigenvalue weighted by Crippen LogP contribution is 2.20. The number of esters is 1. The lowest BCUT2D eigenvalue weighted by molar-refractivity contribution is 0.00694. The molecule has 2 aromatic heterocycles. The van der Waals surface area contributed by atoms with Crippen LogP contribution < -0.4 is 10.5 Å². The number of hydrogen-bond acceptors (Lipinski definition) is 7. The maximum absolute atomic E-state index is 12.3. The number of carbonyl (C=O) groups is 1. The lowest BCUT2D eigenvalue weighted by Gasteiger charge is -2.19. The van der Waals surface area contributed by atoms with Crippen molar-refractivity contribution >= 4 is 23.0 Å². The summed E-state index contributed by atoms with van der Waals surface area (Å²) in [6, 6.07) is 7.85. The third-order valence-corrected chi connectivity index (χ3v) is 4.63. The predicted octanol–water partition coefficient (Wildman–Crippen LogP) is 4.18. The average molecular weight is 426 g/mol. The van der Waals surface area contributed by atoms with E-state index in [0.29, 0.717) is 35.7 Å². The van der Waals surface area contributed by atoms with Crippen LogP contribution in [0.4, 0.5) is 5.82 Å². The summed E-state index contributed by atoms with van der Waals surface area (Å²) in [4.78, 5) is 25.3. The Kier molecular flexibility index (Phi) is 7.09. The van der Waals surface area contributed by atoms with E-state index in [1.165, 1.54) is 0 Å². The fraction of sp³-hybridized carbons (Fsp3) is 0.478. The van der Waals surface area contributed by atoms with Crippen LogP contribution >= 0.6 is 0 Å². The van der Waals surface area contributed by atoms with E-state index in [1.54, 1.807) is 12.4 Å². The molecule has 3 rings (SSSR count). The summed E-state index contributed by atoms with van der Waals surface area (Å²) in [5.74, 6) is 0.0121. The molecule has 0 aliphatic carbocycles. The van der Waals surface area contributed by atoms with Crippen LogP contribution in [0.5, 0.6) is 6.01 Å². The first-order chi connectivity index (χ1) is 14.8. The van der Waals surface area contributed by atoms with Crippen molar-refractivity contribution in [2.45, 2.75) is 65.5 Å². The van der Waals surface area contributed by atoms with Gasteiger partial charge in [-0.25, -0.2) is 9.78 Å². The molecule has 0 saturated carbocycles. The van der Waals surface area contributed by atoms with Crippen LogP contribution in [-0.2, 0) is 17.7 Å². The Bertz CT molecular complexity index is 1040. The van der Waals surface area contributed by atoms with Gasteiger partial charge in [-0.3, -0.25) is 0 Å². The van der Waals surface area contributed by atoms with Gasteiger partial charge < -0.3 is 19.8 Å². The number of ether oxygens (including phenoxy) is 2. The van der Waals surface area contributed by atoms with E-state index in [9.17, 15) is 4.79 Å². The molecule has 0 spiro atoms. The van der Waals surface area contributed by atoms with Crippen molar-refractivity contribution in [3.05, 3.63) is 41.7 Å². The van der Waals surface area contributed by atoms with E-state index in [4.69, 9.17) is 15.2 Å². The first-order valence-electron chi connectivity index (χ1n) is 10.7. The Morgan fingerprint density at radius 3 is 2.74 bits per heavy atom. The third kappa shape index (κ3) is 6.16. The summed E-state index contributed by atoms with van der Waals surface area (Å²) < 4.78 is 13.0. The van der Waals surface area contributed by atoms with Gasteiger partial charge in [-0.15, -0.1) is 0 Å². The zero-order valence-corrected chi connectivity index (χ0v) is 18.7. The molecule has 0 saturated heterocycles. The van der Waals surface area contributed by atoms with Gasteiger partial charge in [-0.2, -0.15) is 9.97 Å². The van der Waals surface area contributed by atoms with Crippen LogP contribution in [0.3, 0.4) is 0 Å². The van der Waals surface area contributed by atoms with Crippen molar-refractivity contribution in [3.63, 3.8) is 0 Å². The van der Waals surface area contributed by atoms with Crippen LogP contribution in [0.1, 0.15) is 62.9 Å². The minimum atomic E-state index is -0.515. The predicted molar refractivity (Wildman–Crippen MR) is 120 cm³/mol. The highest BCUT2D eigenvalue weighted by molar-refractivity contribution is 5.89. The molecule has 31 heavy (non-hydrogen) atoms. The molecule has 2 N–H and O–H groups in total. The topological polar surface area (TPSA) is 105 Å². The van der Waals surface area contributed by atoms with Gasteiger partial charge in [0.25, 0.3) is 0 Å². The molecular formula is C23H31N5O3. The number of carbonyl (C=O) groups excluding carboxylic acids is 1. The van der Waals surface area contributed by atoms with Crippen molar-refractivity contribution < 1.29 is 14.3 Å². The third-order valence-electron chi connectivity index (χ3n) is 4.63. The number of benzene rings is 1. The van der Waals surface area contributed by atoms with Crippen molar-refractivity contribution in [3.8, 4) is 6.01 Å². The van der Waals surface area contributed by atoms with Crippen molar-refractivity contribution in [1.82, 2.24) is 19.5 Å². The number of nitrogen functional groups attached to an aromatic ring is 1. The monoisotopic (exact) mass is 425 g/mol. The SMILES string of the molecule is CCCCOc1nc(N)c2ncn(CCCc3cccc(C(=O)OC(C)(C)C)c3)c2n1. The van der Waals surface area contributed by atoms with Crippen molar-refractivity contribution in [2.75, 3.05) is 12.3 Å². The molecule has 0 atom stereocenters. The molecule has 0 radical (unpaired) electrons. The first-order valence-corrected chi connectivity index (χ1v) is 10.7. The van der Waals surface area contributed by atoms with Crippen LogP contribution in [-0.4, -0.2) is 37.7 Å². The highest BCUT2D eigenvalue weighted by Gasteiger charge is 2.18. The van der Waals surface area contributed by atoms with Gasteiger partial charge >= 0.3 is 12.0 Å². The van der Waals surface area contributed by atoms with Crippen LogP contribution in [0.2, 0.25) is 0 Å². The van der Waals surface area contributed by atoms with E-state index >= 15 is 0 Å². The molecule has 0 bridgehead atoms. The molecule has 8 heteroatoms. The molecule has 0 unspecified atom stereocenters. The Balaban J connectivity index is 1.65. The van der Waals surface area contributed by atoms with Gasteiger partial charge in [-0.1, -0.05) is 25.5 Å². The fourth-order valence-corrected chi connectivity index (χ4v) is 3.13. The van der Waals surface area contributed by atoms with Crippen LogP contribution in [0, 0.1) is 0 Å². The summed E-state index contributed by atoms with van der Waals surface area (Å²) in [6.07, 6.45) is 5.34. The second-order valence-electron chi connectivity index (χ2n) is 8.51. The Hall–Kier alpha value is -3.16. The van der Waals surface area contributed by atoms with E-state index in [-0.39, 0.29) is 12.0 Å². The van der Waals surface area contributed by atoms with E-state index in [1.807, 2.05) is 43.5 Å². The molecule has 166 valence electrons. The summed E-state index contributed by atoms with van der Waals surface area (Å²) in [5.41, 5.74) is 8.40. The maximum Gasteiger partial charge on any atom is 0.338 e. The molecule has 2 heterocycles. The van der Waals surface area contributed by atoms with Gasteiger partial charge in [0.15, 0.2) is 11.5 Å². The number of anilines is 1. The minimum absolute atomic E-state index is 0.283. The van der Waals surface area contributed by atoms with E-state index in [2.05, 4.69) is 21.9 Å². The standard InChI is InChI=1S/C23H31N5O3/c1-5-6-13-30-22-26-19(24)18-20(27-22)28(15-25-18)12-8-10-16-9-7-11-17(14-16)21(29)31-23(2,3)4/h7,9,11,14-15H,5-6,8,10,12-13H2,1-4H3,(H2,24,26,27). The molecule has 0 fully saturated rings. The second-order valence-corrected chi connectivity index (χ2v) is 8.51. The van der Waals surface area contributed by atoms with Crippen LogP contribution in [0.25, 0.3) is 11.2 Å². The van der Waals surface area contributed by atoms with E-state index in [0.717, 1.165) is 31.2 Å². The molecule has 8 nitrogen and oxygen atoms in total. The molecule has 0 amide bonds. The van der Waals surface area contributed by atoms with Gasteiger partial charge in [0, 0.05) is 6.54 Å². The molecule has 3 aromatic rings. The minimum Gasteiger partial charge on any atom is -0.463 e. The Morgan fingerprint density at radius 1 is 1.19 bits per heavy atom. The molecule has 1 aromatic carbocycles. The fourth-order valence-electron chi connectivity index (χ4n) is 3.13. The van der Waals surface area contributed by atoms with Crippen molar-refractivity contribution in [1.29, 1.82) is 0 Å². The summed E-state index contributed by atoms with van der Waals surface area (Å²) >= 11 is 0. The first kappa shape index (κ1) is 22.5. The number of unbranched alkanes of at least 4 members (excludes halogenated alkanes) is 1. The number of aromatic nitrogens is 4. The smallest absolute Gasteiger partial charge is 0.338 e. The lowest BCUT2D eigenvalue weighted by atomic mass is 10.1. The van der Waals surface area contributed by atoms with E-state index < -0.39 is 5.60 Å². The Labute approximate surface area is 182 Å². The Morgan fingerprint density at radius 2 is 2.00 bits per heavy atom.